The number of aliphatic hydroxyl groups is 1. The van der Waals surface area contributed by atoms with Crippen LogP contribution in [0.3, 0.4) is 0 Å². The Morgan fingerprint density at radius 1 is 1.21 bits per heavy atom. The molecule has 1 atom stereocenters. The van der Waals surface area contributed by atoms with Crippen molar-refractivity contribution in [1.82, 2.24) is 25.0 Å². The van der Waals surface area contributed by atoms with Gasteiger partial charge in [0.1, 0.15) is 11.2 Å². The molecule has 0 aliphatic carbocycles. The normalized spacial score (nSPS) is 20.8. The van der Waals surface area contributed by atoms with E-state index in [0.29, 0.717) is 30.0 Å². The molecular weight excluding hydrogens is 378 g/mol. The number of hydrogen-bond donors (Lipinski definition) is 3. The van der Waals surface area contributed by atoms with Crippen LogP contribution in [0.2, 0.25) is 0 Å². The zero-order valence-corrected chi connectivity index (χ0v) is 15.8. The number of nitrogens with one attached hydrogen (secondary N) is 2. The van der Waals surface area contributed by atoms with E-state index in [0.717, 1.165) is 5.69 Å². The molecule has 29 heavy (non-hydrogen) atoms. The standard InChI is InChI=1S/C20H20F2N6O/c1-11-9-28-10-13(8-24-19(28)25-11)12-6-14-16(15(21)7-12)26-18(27-17(14)29)20(22)2-4-23-5-3-20/h6-10,18,23,27,29H,2-5H2,1H3. The number of benzene rings is 1. The van der Waals surface area contributed by atoms with Crippen LogP contribution in [0.5, 0.6) is 0 Å². The highest BCUT2D eigenvalue weighted by Crippen LogP contribution is 2.29. The van der Waals surface area contributed by atoms with Gasteiger partial charge < -0.3 is 15.7 Å². The first-order valence-electron chi connectivity index (χ1n) is 9.51. The maximum absolute atomic E-state index is 15.3. The third-order valence-electron chi connectivity index (χ3n) is 5.54. The first-order chi connectivity index (χ1) is 13.9. The van der Waals surface area contributed by atoms with Gasteiger partial charge in [-0.15, -0.1) is 0 Å². The van der Waals surface area contributed by atoms with E-state index in [1.807, 2.05) is 13.1 Å². The summed E-state index contributed by atoms with van der Waals surface area (Å²) in [6.45, 7) is 2.90. The SMILES string of the molecule is Cc1cn2cc(-c3cc(F)c4c(c3)=C(O)NC(C3(F)CCNCC3)N=4)cnc2n1. The molecule has 3 N–H and O–H groups in total. The third-order valence-corrected chi connectivity index (χ3v) is 5.54. The van der Waals surface area contributed by atoms with Gasteiger partial charge >= 0.3 is 0 Å². The molecule has 0 amide bonds. The molecule has 2 aromatic heterocycles. The molecule has 0 spiro atoms. The lowest BCUT2D eigenvalue weighted by molar-refractivity contribution is 0.0708. The number of aromatic nitrogens is 3. The molecule has 0 radical (unpaired) electrons. The lowest BCUT2D eigenvalue weighted by Crippen LogP contribution is -2.56. The van der Waals surface area contributed by atoms with Crippen LogP contribution in [0.15, 0.2) is 35.7 Å². The third kappa shape index (κ3) is 3.02. The molecule has 7 nitrogen and oxygen atoms in total. The van der Waals surface area contributed by atoms with Gasteiger partial charge in [-0.2, -0.15) is 0 Å². The molecule has 0 bridgehead atoms. The van der Waals surface area contributed by atoms with Gasteiger partial charge in [0.15, 0.2) is 17.7 Å². The van der Waals surface area contributed by atoms with E-state index >= 15 is 4.39 Å². The second kappa shape index (κ2) is 6.48. The molecule has 0 saturated carbocycles. The molecule has 5 rings (SSSR count). The maximum atomic E-state index is 15.3. The number of rotatable bonds is 2. The van der Waals surface area contributed by atoms with Crippen molar-refractivity contribution in [2.75, 3.05) is 13.1 Å². The Kier molecular flexibility index (Phi) is 4.02. The minimum atomic E-state index is -1.64. The van der Waals surface area contributed by atoms with E-state index < -0.39 is 17.7 Å². The minimum absolute atomic E-state index is 0.0296. The first-order valence-corrected chi connectivity index (χ1v) is 9.51. The second-order valence-corrected chi connectivity index (χ2v) is 7.60. The number of aryl methyl sites for hydroxylation is 1. The van der Waals surface area contributed by atoms with Crippen LogP contribution in [-0.4, -0.2) is 44.4 Å². The van der Waals surface area contributed by atoms with Gasteiger partial charge in [-0.05, 0) is 50.6 Å². The molecule has 1 fully saturated rings. The van der Waals surface area contributed by atoms with Gasteiger partial charge in [0, 0.05) is 24.2 Å². The Bertz CT molecular complexity index is 1230. The molecule has 1 aromatic carbocycles. The molecule has 9 heteroatoms. The van der Waals surface area contributed by atoms with Crippen LogP contribution >= 0.6 is 0 Å². The summed E-state index contributed by atoms with van der Waals surface area (Å²) in [7, 11) is 0. The number of hydrogen-bond acceptors (Lipinski definition) is 6. The zero-order valence-electron chi connectivity index (χ0n) is 15.8. The first kappa shape index (κ1) is 18.0. The number of alkyl halides is 1. The Morgan fingerprint density at radius 3 is 2.79 bits per heavy atom. The number of imidazole rings is 1. The van der Waals surface area contributed by atoms with Crippen molar-refractivity contribution >= 4 is 11.7 Å². The molecule has 2 aliphatic heterocycles. The minimum Gasteiger partial charge on any atom is -0.494 e. The van der Waals surface area contributed by atoms with E-state index in [9.17, 15) is 9.50 Å². The summed E-state index contributed by atoms with van der Waals surface area (Å²) in [6.07, 6.45) is 4.68. The van der Waals surface area contributed by atoms with Crippen molar-refractivity contribution in [2.24, 2.45) is 4.99 Å². The molecule has 4 heterocycles. The highest BCUT2D eigenvalue weighted by Gasteiger charge is 2.41. The van der Waals surface area contributed by atoms with E-state index in [4.69, 9.17) is 0 Å². The average Bonchev–Trinajstić information content (AvgIpc) is 3.08. The summed E-state index contributed by atoms with van der Waals surface area (Å²) in [5, 5.41) is 16.5. The van der Waals surface area contributed by atoms with Crippen molar-refractivity contribution in [1.29, 1.82) is 0 Å². The van der Waals surface area contributed by atoms with E-state index in [1.165, 1.54) is 6.07 Å². The molecule has 1 saturated heterocycles. The van der Waals surface area contributed by atoms with Gasteiger partial charge in [0.25, 0.3) is 0 Å². The molecular formula is C20H20F2N6O. The number of nitrogens with zero attached hydrogens (tertiary/aromatic N) is 4. The van der Waals surface area contributed by atoms with Gasteiger partial charge in [-0.25, -0.2) is 18.7 Å². The van der Waals surface area contributed by atoms with Crippen LogP contribution < -0.4 is 21.2 Å². The van der Waals surface area contributed by atoms with Crippen molar-refractivity contribution in [3.8, 4) is 11.1 Å². The Labute approximate surface area is 164 Å². The van der Waals surface area contributed by atoms with E-state index in [-0.39, 0.29) is 29.3 Å². The Morgan fingerprint density at radius 2 is 2.00 bits per heavy atom. The van der Waals surface area contributed by atoms with Gasteiger partial charge in [0.05, 0.1) is 10.9 Å². The monoisotopic (exact) mass is 398 g/mol. The van der Waals surface area contributed by atoms with E-state index in [2.05, 4.69) is 25.6 Å². The number of aliphatic hydroxyl groups excluding tert-OH is 1. The molecule has 150 valence electrons. The summed E-state index contributed by atoms with van der Waals surface area (Å²) < 4.78 is 32.0. The van der Waals surface area contributed by atoms with Crippen molar-refractivity contribution in [2.45, 2.75) is 31.6 Å². The number of halogens is 2. The van der Waals surface area contributed by atoms with Crippen LogP contribution in [0.4, 0.5) is 8.78 Å². The van der Waals surface area contributed by atoms with Gasteiger partial charge in [-0.1, -0.05) is 0 Å². The predicted octanol–water partition coefficient (Wildman–Crippen LogP) is 1.11. The molecule has 1 unspecified atom stereocenters. The van der Waals surface area contributed by atoms with Crippen LogP contribution in [0.1, 0.15) is 18.5 Å². The summed E-state index contributed by atoms with van der Waals surface area (Å²) in [5.74, 6) is -0.340. The van der Waals surface area contributed by atoms with Gasteiger partial charge in [0.2, 0.25) is 5.78 Å². The predicted molar refractivity (Wildman–Crippen MR) is 103 cm³/mol. The van der Waals surface area contributed by atoms with Crippen LogP contribution in [0, 0.1) is 12.7 Å². The molecule has 3 aromatic rings. The Balaban J connectivity index is 1.61. The summed E-state index contributed by atoms with van der Waals surface area (Å²) >= 11 is 0. The van der Waals surface area contributed by atoms with E-state index in [1.54, 1.807) is 22.9 Å². The summed E-state index contributed by atoms with van der Waals surface area (Å²) in [6, 6.07) is 2.96. The fourth-order valence-electron chi connectivity index (χ4n) is 3.96. The number of piperidine rings is 1. The summed E-state index contributed by atoms with van der Waals surface area (Å²) in [5.41, 5.74) is 0.369. The van der Waals surface area contributed by atoms with Gasteiger partial charge in [-0.3, -0.25) is 9.39 Å². The van der Waals surface area contributed by atoms with Crippen molar-refractivity contribution in [3.05, 3.63) is 52.8 Å². The van der Waals surface area contributed by atoms with Crippen molar-refractivity contribution in [3.63, 3.8) is 0 Å². The lowest BCUT2D eigenvalue weighted by Gasteiger charge is -2.36. The maximum Gasteiger partial charge on any atom is 0.233 e. The largest absolute Gasteiger partial charge is 0.494 e. The average molecular weight is 398 g/mol. The smallest absolute Gasteiger partial charge is 0.233 e. The fraction of sp³-hybridized carbons (Fsp3) is 0.350. The van der Waals surface area contributed by atoms with Crippen LogP contribution in [-0.2, 0) is 0 Å². The topological polar surface area (TPSA) is 86.8 Å². The quantitative estimate of drug-likeness (QED) is 0.602. The number of fused-ring (bicyclic) bond motifs is 2. The lowest BCUT2D eigenvalue weighted by atomic mass is 9.90. The zero-order chi connectivity index (χ0) is 20.2. The fourth-order valence-corrected chi connectivity index (χ4v) is 3.96. The summed E-state index contributed by atoms with van der Waals surface area (Å²) in [4.78, 5) is 12.8. The highest BCUT2D eigenvalue weighted by molar-refractivity contribution is 5.63. The Hall–Kier alpha value is -3.07. The van der Waals surface area contributed by atoms with Crippen LogP contribution in [0.25, 0.3) is 22.8 Å². The second-order valence-electron chi connectivity index (χ2n) is 7.60. The van der Waals surface area contributed by atoms with Crippen molar-refractivity contribution < 1.29 is 13.9 Å². The highest BCUT2D eigenvalue weighted by atomic mass is 19.1. The molecule has 2 aliphatic rings.